The predicted molar refractivity (Wildman–Crippen MR) is 363 cm³/mol. The van der Waals surface area contributed by atoms with Crippen molar-refractivity contribution in [2.45, 2.75) is 115 Å². The molecule has 4 saturated heterocycles. The molecule has 0 radical (unpaired) electrons. The maximum atomic E-state index is 5.45. The third kappa shape index (κ3) is 13.3. The van der Waals surface area contributed by atoms with Crippen LogP contribution in [0.4, 0.5) is 0 Å². The Morgan fingerprint density at radius 3 is 0.511 bits per heavy atom. The lowest BCUT2D eigenvalue weighted by atomic mass is 10.1. The number of fused-ring (bicyclic) bond motifs is 2. The first-order chi connectivity index (χ1) is 44.7. The summed E-state index contributed by atoms with van der Waals surface area (Å²) in [6.07, 6.45) is 3.48. The van der Waals surface area contributed by atoms with Crippen molar-refractivity contribution >= 4 is 12.4 Å². The Balaban J connectivity index is 1.01. The van der Waals surface area contributed by atoms with Gasteiger partial charge in [0.1, 0.15) is 12.3 Å². The number of hydrogen-bond acceptors (Lipinski definition) is 10. The number of nitrogens with zero attached hydrogens (tertiary/aromatic N) is 10. The summed E-state index contributed by atoms with van der Waals surface area (Å²) in [5.74, 6) is 0. The molecule has 0 amide bonds. The van der Waals surface area contributed by atoms with Gasteiger partial charge in [0.2, 0.25) is 0 Å². The second-order valence-electron chi connectivity index (χ2n) is 24.5. The molecule has 4 fully saturated rings. The van der Waals surface area contributed by atoms with Crippen molar-refractivity contribution in [2.24, 2.45) is 9.98 Å². The molecule has 0 N–H and O–H groups in total. The largest absolute Gasteiger partial charge is 0.290 e. The minimum absolute atomic E-state index is 0.104. The number of rotatable bonds is 23. The molecule has 0 aliphatic carbocycles. The summed E-state index contributed by atoms with van der Waals surface area (Å²) in [4.78, 5) is 33.9. The smallest absolute Gasteiger partial charge is 0.102 e. The Labute approximate surface area is 532 Å². The second kappa shape index (κ2) is 28.4. The summed E-state index contributed by atoms with van der Waals surface area (Å²) in [6.45, 7) is 6.97. The van der Waals surface area contributed by atoms with Crippen LogP contribution in [0, 0.1) is 0 Å². The van der Waals surface area contributed by atoms with Gasteiger partial charge in [-0.15, -0.1) is 0 Å². The Bertz CT molecular complexity index is 3380. The van der Waals surface area contributed by atoms with Crippen LogP contribution in [-0.4, -0.2) is 101 Å². The third-order valence-electron chi connectivity index (χ3n) is 18.6. The lowest BCUT2D eigenvalue weighted by Crippen LogP contribution is -2.63. The highest BCUT2D eigenvalue weighted by Crippen LogP contribution is 2.50. The van der Waals surface area contributed by atoms with Crippen molar-refractivity contribution in [3.05, 3.63) is 359 Å². The van der Waals surface area contributed by atoms with Gasteiger partial charge in [0, 0.05) is 64.8 Å². The van der Waals surface area contributed by atoms with Gasteiger partial charge in [-0.1, -0.05) is 303 Å². The van der Waals surface area contributed by atoms with Crippen LogP contribution in [0.5, 0.6) is 0 Å². The minimum atomic E-state index is -0.181. The Kier molecular flexibility index (Phi) is 18.6. The van der Waals surface area contributed by atoms with Crippen molar-refractivity contribution in [3.8, 4) is 0 Å². The van der Waals surface area contributed by atoms with E-state index in [0.29, 0.717) is 13.1 Å². The van der Waals surface area contributed by atoms with Crippen molar-refractivity contribution in [1.29, 1.82) is 0 Å². The van der Waals surface area contributed by atoms with Crippen LogP contribution in [-0.2, 0) is 65.4 Å². The van der Waals surface area contributed by atoms with E-state index in [0.717, 1.165) is 52.4 Å². The van der Waals surface area contributed by atoms with E-state index in [1.807, 2.05) is 0 Å². The number of aliphatic imine (C=N–C) groups is 2. The molecule has 14 rings (SSSR count). The zero-order valence-corrected chi connectivity index (χ0v) is 51.2. The fraction of sp³-hybridized carbons (Fsp3) is 0.225. The lowest BCUT2D eigenvalue weighted by Gasteiger charge is -2.48. The van der Waals surface area contributed by atoms with Crippen LogP contribution in [0.15, 0.2) is 313 Å². The molecule has 10 aromatic carbocycles. The second-order valence-corrected chi connectivity index (χ2v) is 24.5. The van der Waals surface area contributed by atoms with Crippen LogP contribution in [0.25, 0.3) is 0 Å². The van der Waals surface area contributed by atoms with Gasteiger partial charge in [-0.2, -0.15) is 0 Å². The first kappa shape index (κ1) is 58.9. The zero-order valence-electron chi connectivity index (χ0n) is 51.2. The van der Waals surface area contributed by atoms with Gasteiger partial charge < -0.3 is 0 Å². The highest BCUT2D eigenvalue weighted by molar-refractivity contribution is 5.66. The Morgan fingerprint density at radius 1 is 0.189 bits per heavy atom. The van der Waals surface area contributed by atoms with Gasteiger partial charge in [0.05, 0.1) is 50.1 Å². The van der Waals surface area contributed by atoms with Crippen LogP contribution >= 0.6 is 0 Å². The maximum Gasteiger partial charge on any atom is 0.102 e. The summed E-state index contributed by atoms with van der Waals surface area (Å²) in [6, 6.07) is 111. The first-order valence-electron chi connectivity index (χ1n) is 32.1. The molecule has 4 aliphatic heterocycles. The Hall–Kier alpha value is -8.78. The lowest BCUT2D eigenvalue weighted by molar-refractivity contribution is -0.0973. The molecule has 10 heteroatoms. The zero-order chi connectivity index (χ0) is 60.3. The molecule has 4 heterocycles. The molecule has 0 atom stereocenters. The highest BCUT2D eigenvalue weighted by atomic mass is 15.7. The Morgan fingerprint density at radius 2 is 0.333 bits per heavy atom. The van der Waals surface area contributed by atoms with Gasteiger partial charge in [-0.05, 0) is 55.6 Å². The third-order valence-corrected chi connectivity index (χ3v) is 18.6. The predicted octanol–water partition coefficient (Wildman–Crippen LogP) is 14.2. The van der Waals surface area contributed by atoms with Crippen LogP contribution < -0.4 is 0 Å². The molecule has 0 saturated carbocycles. The first-order valence-corrected chi connectivity index (χ1v) is 32.1. The van der Waals surface area contributed by atoms with Crippen LogP contribution in [0.2, 0.25) is 0 Å². The van der Waals surface area contributed by atoms with Crippen molar-refractivity contribution in [2.75, 3.05) is 0 Å². The number of hydrogen-bond donors (Lipinski definition) is 0. The summed E-state index contributed by atoms with van der Waals surface area (Å²) >= 11 is 0. The summed E-state index contributed by atoms with van der Waals surface area (Å²) < 4.78 is 0. The molecule has 90 heavy (non-hydrogen) atoms. The van der Waals surface area contributed by atoms with Crippen molar-refractivity contribution < 1.29 is 0 Å². The van der Waals surface area contributed by atoms with Gasteiger partial charge in [0.25, 0.3) is 0 Å². The molecular weight excluding hydrogens is 1100 g/mol. The van der Waals surface area contributed by atoms with Crippen LogP contribution in [0.1, 0.15) is 55.6 Å². The molecule has 0 aromatic heterocycles. The molecule has 4 aliphatic rings. The fourth-order valence-corrected chi connectivity index (χ4v) is 14.7. The maximum absolute atomic E-state index is 5.45. The van der Waals surface area contributed by atoms with E-state index in [9.17, 15) is 0 Å². The quantitative estimate of drug-likeness (QED) is 0.0587. The molecule has 450 valence electrons. The standard InChI is InChI=1S/C80H80N10/c1-11-31-63(32-12-1)51-81-53-73-83(55-65-35-15-3-16-36-65)75-76(84(73)56-66-37-17-4-18-38-66)88(60-70-45-25-8-26-46-70)79(87(75)59-69-43-23-7-24-44-69)80-89(61-71-47-27-9-28-48-71)77-78(90(80)62-72-49-29-10-30-50-72)86(58-68-41-21-6-22-42-68)74(54-82-52-64-33-13-2-14-34-64)85(77)57-67-39-19-5-20-40-67/h1-50,53-54,73-80H,51-52,55-62H2/t73?,74?,75-,76+,77-,78+,79?,80?. The summed E-state index contributed by atoms with van der Waals surface area (Å²) in [5, 5.41) is 0. The number of benzene rings is 10. The van der Waals surface area contributed by atoms with E-state index in [-0.39, 0.29) is 49.3 Å². The normalized spacial score (nSPS) is 22.9. The van der Waals surface area contributed by atoms with E-state index < -0.39 is 0 Å². The summed E-state index contributed by atoms with van der Waals surface area (Å²) in [5.41, 5.74) is 12.6. The topological polar surface area (TPSA) is 50.6 Å². The molecule has 10 nitrogen and oxygen atoms in total. The molecule has 0 spiro atoms. The summed E-state index contributed by atoms with van der Waals surface area (Å²) in [7, 11) is 0. The minimum Gasteiger partial charge on any atom is -0.290 e. The highest BCUT2D eigenvalue weighted by Gasteiger charge is 2.67. The average Bonchev–Trinajstić information content (AvgIpc) is 1.54. The van der Waals surface area contributed by atoms with E-state index in [1.54, 1.807) is 0 Å². The fourth-order valence-electron chi connectivity index (χ4n) is 14.7. The average molecular weight is 1180 g/mol. The van der Waals surface area contributed by atoms with E-state index in [4.69, 9.17) is 9.98 Å². The van der Waals surface area contributed by atoms with Gasteiger partial charge in [-0.25, -0.2) is 0 Å². The van der Waals surface area contributed by atoms with Gasteiger partial charge in [-0.3, -0.25) is 49.2 Å². The van der Waals surface area contributed by atoms with Gasteiger partial charge in [0.15, 0.2) is 0 Å². The van der Waals surface area contributed by atoms with Crippen molar-refractivity contribution in [1.82, 2.24) is 39.2 Å². The van der Waals surface area contributed by atoms with Gasteiger partial charge >= 0.3 is 0 Å². The SMILES string of the molecule is C(=NCc1ccccc1)C1N(Cc2ccccc2)[C@H]2[C@@H](N1Cc1ccccc1)N(Cc1ccccc1)C(C1N(Cc3ccccc3)[C@H]3[C@H](N(Cc4ccccc4)C(C=NCc4ccccc4)N3Cc3ccccc3)N1Cc1ccccc1)N2Cc1ccccc1. The van der Waals surface area contributed by atoms with Crippen LogP contribution in [0.3, 0.4) is 0 Å². The van der Waals surface area contributed by atoms with Crippen molar-refractivity contribution in [3.63, 3.8) is 0 Å². The molecule has 0 unspecified atom stereocenters. The molecular formula is C80H80N10. The van der Waals surface area contributed by atoms with E-state index in [1.165, 1.54) is 55.6 Å². The molecule has 0 bridgehead atoms. The van der Waals surface area contributed by atoms with E-state index >= 15 is 0 Å². The monoisotopic (exact) mass is 1180 g/mol. The molecule has 10 aromatic rings. The van der Waals surface area contributed by atoms with E-state index in [2.05, 4.69) is 355 Å².